The summed E-state index contributed by atoms with van der Waals surface area (Å²) < 4.78 is 5.29. The van der Waals surface area contributed by atoms with Crippen LogP contribution >= 0.6 is 0 Å². The molecule has 0 aliphatic carbocycles. The van der Waals surface area contributed by atoms with Gasteiger partial charge in [0.15, 0.2) is 5.78 Å². The van der Waals surface area contributed by atoms with Crippen molar-refractivity contribution in [2.45, 2.75) is 13.0 Å². The molecule has 1 fully saturated rings. The van der Waals surface area contributed by atoms with Gasteiger partial charge in [0.1, 0.15) is 5.82 Å². The van der Waals surface area contributed by atoms with E-state index in [1.165, 1.54) is 6.92 Å². The number of aromatic nitrogens is 1. The molecule has 116 valence electrons. The summed E-state index contributed by atoms with van der Waals surface area (Å²) in [5.41, 5.74) is 0.598. The summed E-state index contributed by atoms with van der Waals surface area (Å²) in [6.07, 6.45) is 1.13. The van der Waals surface area contributed by atoms with Crippen LogP contribution in [0.3, 0.4) is 0 Å². The topological polar surface area (TPSA) is 65.9 Å². The Hall–Kier alpha value is -1.50. The number of rotatable bonds is 6. The Balaban J connectivity index is 1.84. The number of ketones is 1. The van der Waals surface area contributed by atoms with Crippen molar-refractivity contribution >= 4 is 11.6 Å². The minimum Gasteiger partial charge on any atom is -0.390 e. The molecule has 1 N–H and O–H groups in total. The number of β-amino-alcohol motifs (C(OH)–C–C–N with tert-alkyl or cyclic N) is 1. The molecule has 1 atom stereocenters. The van der Waals surface area contributed by atoms with E-state index in [2.05, 4.69) is 9.88 Å². The second-order valence-corrected chi connectivity index (χ2v) is 5.41. The molecule has 0 bridgehead atoms. The van der Waals surface area contributed by atoms with E-state index in [9.17, 15) is 9.90 Å². The summed E-state index contributed by atoms with van der Waals surface area (Å²) >= 11 is 0. The van der Waals surface area contributed by atoms with Gasteiger partial charge in [-0.15, -0.1) is 0 Å². The number of carbonyl (C=O) groups excluding carboxylic acids is 1. The molecule has 1 aromatic rings. The van der Waals surface area contributed by atoms with Gasteiger partial charge in [-0.05, 0) is 19.1 Å². The van der Waals surface area contributed by atoms with Crippen molar-refractivity contribution in [1.29, 1.82) is 0 Å². The summed E-state index contributed by atoms with van der Waals surface area (Å²) in [5, 5.41) is 10.2. The Morgan fingerprint density at radius 1 is 1.48 bits per heavy atom. The molecule has 1 aliphatic heterocycles. The summed E-state index contributed by atoms with van der Waals surface area (Å²) in [7, 11) is 1.89. The second kappa shape index (κ2) is 7.49. The maximum absolute atomic E-state index is 11.2. The first-order chi connectivity index (χ1) is 10.1. The van der Waals surface area contributed by atoms with Crippen molar-refractivity contribution in [2.24, 2.45) is 0 Å². The van der Waals surface area contributed by atoms with E-state index in [1.54, 1.807) is 18.3 Å². The molecule has 2 heterocycles. The quantitative estimate of drug-likeness (QED) is 0.767. The van der Waals surface area contributed by atoms with Crippen LogP contribution in [0.2, 0.25) is 0 Å². The first kappa shape index (κ1) is 15.9. The van der Waals surface area contributed by atoms with Gasteiger partial charge in [-0.25, -0.2) is 4.98 Å². The third-order valence-corrected chi connectivity index (χ3v) is 3.60. The lowest BCUT2D eigenvalue weighted by atomic mass is 10.2. The van der Waals surface area contributed by atoms with E-state index in [-0.39, 0.29) is 5.78 Å². The van der Waals surface area contributed by atoms with Gasteiger partial charge in [0.2, 0.25) is 0 Å². The van der Waals surface area contributed by atoms with Crippen LogP contribution in [0.1, 0.15) is 17.3 Å². The maximum Gasteiger partial charge on any atom is 0.161 e. The van der Waals surface area contributed by atoms with Gasteiger partial charge in [-0.3, -0.25) is 9.69 Å². The fourth-order valence-corrected chi connectivity index (χ4v) is 2.37. The fourth-order valence-electron chi connectivity index (χ4n) is 2.37. The number of hydrogen-bond acceptors (Lipinski definition) is 6. The van der Waals surface area contributed by atoms with Crippen LogP contribution in [0.15, 0.2) is 18.3 Å². The Morgan fingerprint density at radius 3 is 2.76 bits per heavy atom. The molecule has 21 heavy (non-hydrogen) atoms. The largest absolute Gasteiger partial charge is 0.390 e. The number of pyridine rings is 1. The van der Waals surface area contributed by atoms with Gasteiger partial charge < -0.3 is 14.7 Å². The number of likely N-dealkylation sites (N-methyl/N-ethyl adjacent to an activating group) is 1. The molecule has 6 nitrogen and oxygen atoms in total. The van der Waals surface area contributed by atoms with E-state index in [0.717, 1.165) is 32.1 Å². The number of nitrogens with zero attached hydrogens (tertiary/aromatic N) is 3. The number of aliphatic hydroxyl groups excluding tert-OH is 1. The van der Waals surface area contributed by atoms with Crippen molar-refractivity contribution in [2.75, 3.05) is 51.3 Å². The predicted octanol–water partition coefficient (Wildman–Crippen LogP) is 0.413. The van der Waals surface area contributed by atoms with Crippen molar-refractivity contribution in [1.82, 2.24) is 9.88 Å². The number of Topliss-reactive ketones (excluding diaryl/α,β-unsaturated/α-hetero) is 1. The molecular formula is C15H23N3O3. The second-order valence-electron chi connectivity index (χ2n) is 5.41. The third kappa shape index (κ3) is 4.77. The van der Waals surface area contributed by atoms with E-state index in [4.69, 9.17) is 4.74 Å². The minimum absolute atomic E-state index is 0.00375. The number of carbonyl (C=O) groups is 1. The number of hydrogen-bond donors (Lipinski definition) is 1. The lowest BCUT2D eigenvalue weighted by Crippen LogP contribution is -2.44. The molecule has 0 aromatic carbocycles. The summed E-state index contributed by atoms with van der Waals surface area (Å²) in [5.74, 6) is 0.755. The van der Waals surface area contributed by atoms with Gasteiger partial charge in [-0.2, -0.15) is 0 Å². The number of ether oxygens (including phenoxy) is 1. The van der Waals surface area contributed by atoms with Gasteiger partial charge >= 0.3 is 0 Å². The van der Waals surface area contributed by atoms with Crippen LogP contribution in [-0.4, -0.2) is 73.3 Å². The van der Waals surface area contributed by atoms with Crippen LogP contribution in [0.4, 0.5) is 5.82 Å². The molecule has 0 amide bonds. The van der Waals surface area contributed by atoms with Gasteiger partial charge in [0.05, 0.1) is 19.3 Å². The number of morpholine rings is 1. The van der Waals surface area contributed by atoms with E-state index >= 15 is 0 Å². The Labute approximate surface area is 125 Å². The van der Waals surface area contributed by atoms with Crippen LogP contribution < -0.4 is 4.90 Å². The average molecular weight is 293 g/mol. The average Bonchev–Trinajstić information content (AvgIpc) is 2.48. The van der Waals surface area contributed by atoms with Crippen LogP contribution in [0.5, 0.6) is 0 Å². The Morgan fingerprint density at radius 2 is 2.19 bits per heavy atom. The van der Waals surface area contributed by atoms with Gasteiger partial charge in [-0.1, -0.05) is 0 Å². The minimum atomic E-state index is -0.442. The van der Waals surface area contributed by atoms with E-state index < -0.39 is 6.10 Å². The van der Waals surface area contributed by atoms with Crippen LogP contribution in [-0.2, 0) is 4.74 Å². The zero-order valence-corrected chi connectivity index (χ0v) is 12.7. The SMILES string of the molecule is CC(=O)c1ccc(N(C)CC(O)CN2CCOCC2)nc1. The smallest absolute Gasteiger partial charge is 0.161 e. The molecule has 6 heteroatoms. The molecular weight excluding hydrogens is 270 g/mol. The van der Waals surface area contributed by atoms with Crippen molar-refractivity contribution in [3.63, 3.8) is 0 Å². The monoisotopic (exact) mass is 293 g/mol. The lowest BCUT2D eigenvalue weighted by Gasteiger charge is -2.30. The van der Waals surface area contributed by atoms with Gasteiger partial charge in [0, 0.05) is 45.0 Å². The first-order valence-electron chi connectivity index (χ1n) is 7.22. The molecule has 0 saturated carbocycles. The Kier molecular flexibility index (Phi) is 5.67. The molecule has 0 radical (unpaired) electrons. The first-order valence-corrected chi connectivity index (χ1v) is 7.22. The fraction of sp³-hybridized carbons (Fsp3) is 0.600. The lowest BCUT2D eigenvalue weighted by molar-refractivity contribution is 0.0162. The molecule has 1 aliphatic rings. The number of aliphatic hydroxyl groups is 1. The molecule has 0 spiro atoms. The zero-order valence-electron chi connectivity index (χ0n) is 12.7. The molecule has 1 unspecified atom stereocenters. The summed E-state index contributed by atoms with van der Waals surface area (Å²) in [6.45, 7) is 5.86. The normalized spacial score (nSPS) is 17.5. The molecule has 1 saturated heterocycles. The van der Waals surface area contributed by atoms with E-state index in [1.807, 2.05) is 11.9 Å². The highest BCUT2D eigenvalue weighted by molar-refractivity contribution is 5.93. The highest BCUT2D eigenvalue weighted by atomic mass is 16.5. The zero-order chi connectivity index (χ0) is 15.2. The molecule has 2 rings (SSSR count). The summed E-state index contributed by atoms with van der Waals surface area (Å²) in [6, 6.07) is 3.56. The van der Waals surface area contributed by atoms with Crippen molar-refractivity contribution < 1.29 is 14.6 Å². The van der Waals surface area contributed by atoms with Crippen LogP contribution in [0, 0.1) is 0 Å². The summed E-state index contributed by atoms with van der Waals surface area (Å²) in [4.78, 5) is 19.6. The Bertz CT molecular complexity index is 458. The predicted molar refractivity (Wildman–Crippen MR) is 80.8 cm³/mol. The van der Waals surface area contributed by atoms with Crippen molar-refractivity contribution in [3.05, 3.63) is 23.9 Å². The third-order valence-electron chi connectivity index (χ3n) is 3.60. The highest BCUT2D eigenvalue weighted by Crippen LogP contribution is 2.11. The standard InChI is InChI=1S/C15H23N3O3/c1-12(19)13-3-4-15(16-9-13)17(2)10-14(20)11-18-5-7-21-8-6-18/h3-4,9,14,20H,5-8,10-11H2,1-2H3. The highest BCUT2D eigenvalue weighted by Gasteiger charge is 2.16. The molecule has 1 aromatic heterocycles. The van der Waals surface area contributed by atoms with E-state index in [0.29, 0.717) is 18.7 Å². The van der Waals surface area contributed by atoms with Gasteiger partial charge in [0.25, 0.3) is 0 Å². The number of anilines is 1. The van der Waals surface area contributed by atoms with Crippen molar-refractivity contribution in [3.8, 4) is 0 Å². The van der Waals surface area contributed by atoms with Crippen LogP contribution in [0.25, 0.3) is 0 Å². The maximum atomic E-state index is 11.2.